The molecule has 6 nitrogen and oxygen atoms in total. The Labute approximate surface area is 129 Å². The molecule has 2 N–H and O–H groups in total. The molecule has 0 saturated carbocycles. The lowest BCUT2D eigenvalue weighted by molar-refractivity contribution is -0.126. The predicted octanol–water partition coefficient (Wildman–Crippen LogP) is 0.804. The van der Waals surface area contributed by atoms with E-state index in [1.165, 1.54) is 0 Å². The van der Waals surface area contributed by atoms with Gasteiger partial charge in [0.2, 0.25) is 5.91 Å². The number of aliphatic hydroxyl groups excluding tert-OH is 1. The Morgan fingerprint density at radius 3 is 2.05 bits per heavy atom. The Kier molecular flexibility index (Phi) is 4.61. The molecule has 6 heteroatoms. The second kappa shape index (κ2) is 6.27. The average molecular weight is 304 g/mol. The van der Waals surface area contributed by atoms with Crippen LogP contribution >= 0.6 is 0 Å². The summed E-state index contributed by atoms with van der Waals surface area (Å²) in [7, 11) is 0. The van der Waals surface area contributed by atoms with Crippen LogP contribution in [0.15, 0.2) is 24.3 Å². The van der Waals surface area contributed by atoms with Gasteiger partial charge in [-0.1, -0.05) is 26.0 Å². The van der Waals surface area contributed by atoms with Crippen molar-refractivity contribution < 1.29 is 19.5 Å². The third-order valence-electron chi connectivity index (χ3n) is 3.58. The second-order valence-electron chi connectivity index (χ2n) is 5.81. The highest BCUT2D eigenvalue weighted by Crippen LogP contribution is 2.27. The van der Waals surface area contributed by atoms with E-state index in [4.69, 9.17) is 0 Å². The fourth-order valence-electron chi connectivity index (χ4n) is 2.53. The minimum Gasteiger partial charge on any atom is -0.392 e. The molecule has 2 rings (SSSR count). The number of rotatable bonds is 5. The quantitative estimate of drug-likeness (QED) is 0.788. The molecule has 0 bridgehead atoms. The summed E-state index contributed by atoms with van der Waals surface area (Å²) in [6.07, 6.45) is -0.695. The van der Waals surface area contributed by atoms with Crippen LogP contribution in [0.2, 0.25) is 0 Å². The summed E-state index contributed by atoms with van der Waals surface area (Å²) in [6, 6.07) is 5.64. The highest BCUT2D eigenvalue weighted by Gasteiger charge is 2.43. The van der Waals surface area contributed by atoms with Crippen molar-refractivity contribution in [2.75, 3.05) is 6.54 Å². The van der Waals surface area contributed by atoms with Gasteiger partial charge in [-0.25, -0.2) is 0 Å². The number of carbonyl (C=O) groups excluding carboxylic acids is 3. The number of aliphatic hydroxyl groups is 1. The Balaban J connectivity index is 2.29. The van der Waals surface area contributed by atoms with E-state index < -0.39 is 29.9 Å². The van der Waals surface area contributed by atoms with Gasteiger partial charge in [0, 0.05) is 6.54 Å². The standard InChI is InChI=1S/C16H20N2O4/c1-9(2)13(14(20)17-8-10(3)19)18-15(21)11-6-4-5-7-12(11)16(18)22/h4-7,9-10,13,19H,8H2,1-3H3,(H,17,20). The Hall–Kier alpha value is -2.21. The van der Waals surface area contributed by atoms with E-state index in [0.717, 1.165) is 4.90 Å². The molecule has 0 spiro atoms. The maximum absolute atomic E-state index is 12.5. The zero-order valence-corrected chi connectivity index (χ0v) is 12.9. The first-order valence-electron chi connectivity index (χ1n) is 7.27. The Morgan fingerprint density at radius 2 is 1.64 bits per heavy atom. The number of benzene rings is 1. The molecule has 1 aliphatic rings. The van der Waals surface area contributed by atoms with E-state index in [-0.39, 0.29) is 12.5 Å². The third-order valence-corrected chi connectivity index (χ3v) is 3.58. The highest BCUT2D eigenvalue weighted by molar-refractivity contribution is 6.22. The summed E-state index contributed by atoms with van der Waals surface area (Å²) in [5.74, 6) is -1.58. The van der Waals surface area contributed by atoms with Crippen LogP contribution in [0.25, 0.3) is 0 Å². The number of amides is 3. The van der Waals surface area contributed by atoms with Gasteiger partial charge in [0.15, 0.2) is 0 Å². The molecule has 1 heterocycles. The number of fused-ring (bicyclic) bond motifs is 1. The minimum atomic E-state index is -0.897. The molecule has 0 aromatic heterocycles. The second-order valence-corrected chi connectivity index (χ2v) is 5.81. The first-order chi connectivity index (χ1) is 10.3. The molecule has 1 aliphatic heterocycles. The molecule has 2 unspecified atom stereocenters. The first-order valence-corrected chi connectivity index (χ1v) is 7.27. The van der Waals surface area contributed by atoms with Gasteiger partial charge in [0.05, 0.1) is 17.2 Å². The molecule has 1 aromatic rings. The zero-order valence-electron chi connectivity index (χ0n) is 12.9. The van der Waals surface area contributed by atoms with Gasteiger partial charge >= 0.3 is 0 Å². The smallest absolute Gasteiger partial charge is 0.262 e. The molecule has 2 atom stereocenters. The zero-order chi connectivity index (χ0) is 16.4. The van der Waals surface area contributed by atoms with Gasteiger partial charge in [-0.05, 0) is 25.0 Å². The number of carbonyl (C=O) groups is 3. The van der Waals surface area contributed by atoms with E-state index in [2.05, 4.69) is 5.32 Å². The molecular weight excluding hydrogens is 284 g/mol. The van der Waals surface area contributed by atoms with Crippen molar-refractivity contribution in [3.05, 3.63) is 35.4 Å². The van der Waals surface area contributed by atoms with Crippen molar-refractivity contribution in [2.24, 2.45) is 5.92 Å². The normalized spacial score (nSPS) is 16.7. The molecule has 118 valence electrons. The van der Waals surface area contributed by atoms with Crippen molar-refractivity contribution >= 4 is 17.7 Å². The van der Waals surface area contributed by atoms with Crippen molar-refractivity contribution in [2.45, 2.75) is 32.9 Å². The van der Waals surface area contributed by atoms with Gasteiger partial charge in [0.25, 0.3) is 11.8 Å². The molecular formula is C16H20N2O4. The first kappa shape index (κ1) is 16.2. The Bertz CT molecular complexity index is 575. The van der Waals surface area contributed by atoms with Crippen LogP contribution in [0.1, 0.15) is 41.5 Å². The average Bonchev–Trinajstić information content (AvgIpc) is 2.71. The third kappa shape index (κ3) is 2.87. The van der Waals surface area contributed by atoms with E-state index in [9.17, 15) is 19.5 Å². The Morgan fingerprint density at radius 1 is 1.14 bits per heavy atom. The van der Waals surface area contributed by atoms with Crippen LogP contribution in [0.5, 0.6) is 0 Å². The van der Waals surface area contributed by atoms with Crippen LogP contribution in [-0.4, -0.2) is 46.4 Å². The lowest BCUT2D eigenvalue weighted by Crippen LogP contribution is -2.53. The molecule has 0 fully saturated rings. The summed E-state index contributed by atoms with van der Waals surface area (Å²) in [6.45, 7) is 5.17. The summed E-state index contributed by atoms with van der Waals surface area (Å²) in [5.41, 5.74) is 0.642. The summed E-state index contributed by atoms with van der Waals surface area (Å²) < 4.78 is 0. The number of hydrogen-bond donors (Lipinski definition) is 2. The van der Waals surface area contributed by atoms with Gasteiger partial charge in [0.1, 0.15) is 6.04 Å². The minimum absolute atomic E-state index is 0.0746. The molecule has 0 aliphatic carbocycles. The molecule has 1 aromatic carbocycles. The van der Waals surface area contributed by atoms with E-state index in [1.807, 2.05) is 0 Å². The van der Waals surface area contributed by atoms with E-state index in [0.29, 0.717) is 11.1 Å². The van der Waals surface area contributed by atoms with Crippen molar-refractivity contribution in [3.63, 3.8) is 0 Å². The lowest BCUT2D eigenvalue weighted by Gasteiger charge is -2.28. The molecule has 22 heavy (non-hydrogen) atoms. The fourth-order valence-corrected chi connectivity index (χ4v) is 2.53. The summed E-state index contributed by atoms with van der Waals surface area (Å²) in [4.78, 5) is 38.3. The maximum atomic E-state index is 12.5. The van der Waals surface area contributed by atoms with Crippen LogP contribution in [0, 0.1) is 5.92 Å². The largest absolute Gasteiger partial charge is 0.392 e. The summed E-state index contributed by atoms with van der Waals surface area (Å²) in [5, 5.41) is 11.8. The fraction of sp³-hybridized carbons (Fsp3) is 0.438. The van der Waals surface area contributed by atoms with Crippen LogP contribution < -0.4 is 5.32 Å². The van der Waals surface area contributed by atoms with E-state index >= 15 is 0 Å². The topological polar surface area (TPSA) is 86.7 Å². The molecule has 3 amide bonds. The highest BCUT2D eigenvalue weighted by atomic mass is 16.3. The predicted molar refractivity (Wildman–Crippen MR) is 80.3 cm³/mol. The number of imide groups is 1. The van der Waals surface area contributed by atoms with Crippen molar-refractivity contribution in [1.82, 2.24) is 10.2 Å². The van der Waals surface area contributed by atoms with Crippen LogP contribution in [-0.2, 0) is 4.79 Å². The van der Waals surface area contributed by atoms with Crippen LogP contribution in [0.4, 0.5) is 0 Å². The van der Waals surface area contributed by atoms with Gasteiger partial charge in [-0.3, -0.25) is 19.3 Å². The SMILES string of the molecule is CC(O)CNC(=O)C(C(C)C)N1C(=O)c2ccccc2C1=O. The molecule has 0 saturated heterocycles. The number of nitrogens with zero attached hydrogens (tertiary/aromatic N) is 1. The van der Waals surface area contributed by atoms with Gasteiger partial charge in [-0.2, -0.15) is 0 Å². The van der Waals surface area contributed by atoms with Gasteiger partial charge < -0.3 is 10.4 Å². The monoisotopic (exact) mass is 304 g/mol. The van der Waals surface area contributed by atoms with Crippen LogP contribution in [0.3, 0.4) is 0 Å². The van der Waals surface area contributed by atoms with E-state index in [1.54, 1.807) is 45.0 Å². The maximum Gasteiger partial charge on any atom is 0.262 e. The van der Waals surface area contributed by atoms with Crippen molar-refractivity contribution in [3.8, 4) is 0 Å². The van der Waals surface area contributed by atoms with Crippen molar-refractivity contribution in [1.29, 1.82) is 0 Å². The number of nitrogens with one attached hydrogen (secondary N) is 1. The lowest BCUT2D eigenvalue weighted by atomic mass is 10.0. The summed E-state index contributed by atoms with van der Waals surface area (Å²) >= 11 is 0. The molecule has 0 radical (unpaired) electrons. The number of hydrogen-bond acceptors (Lipinski definition) is 4. The van der Waals surface area contributed by atoms with Gasteiger partial charge in [-0.15, -0.1) is 0 Å².